The molecule has 27 heavy (non-hydrogen) atoms. The molecule has 5 rings (SSSR count). The summed E-state index contributed by atoms with van der Waals surface area (Å²) >= 11 is 0. The lowest BCUT2D eigenvalue weighted by Crippen LogP contribution is -2.33. The summed E-state index contributed by atoms with van der Waals surface area (Å²) in [5, 5.41) is 11.6. The number of aryl methyl sites for hydroxylation is 2. The van der Waals surface area contributed by atoms with Crippen molar-refractivity contribution < 1.29 is 4.79 Å². The Kier molecular flexibility index (Phi) is 4.04. The third kappa shape index (κ3) is 3.38. The number of nitrogens with one attached hydrogen (secondary N) is 1. The Hall–Kier alpha value is -2.21. The molecule has 1 amide bonds. The topological polar surface area (TPSA) is 63.1 Å². The van der Waals surface area contributed by atoms with Gasteiger partial charge in [0.1, 0.15) is 5.82 Å². The van der Waals surface area contributed by atoms with E-state index in [-0.39, 0.29) is 5.91 Å². The van der Waals surface area contributed by atoms with E-state index >= 15 is 0 Å². The molecule has 3 heterocycles. The molecule has 6 nitrogen and oxygen atoms in total. The van der Waals surface area contributed by atoms with Crippen molar-refractivity contribution in [3.8, 4) is 0 Å². The second-order valence-electron chi connectivity index (χ2n) is 8.71. The van der Waals surface area contributed by atoms with Gasteiger partial charge in [-0.2, -0.15) is 0 Å². The lowest BCUT2D eigenvalue weighted by Gasteiger charge is -2.25. The number of hydrogen-bond donors (Lipinski definition) is 1. The molecule has 1 aromatic heterocycles. The summed E-state index contributed by atoms with van der Waals surface area (Å²) in [5.41, 5.74) is 4.06. The van der Waals surface area contributed by atoms with E-state index in [1.54, 1.807) is 0 Å². The molecular weight excluding hydrogens is 338 g/mol. The van der Waals surface area contributed by atoms with Gasteiger partial charge in [0.15, 0.2) is 0 Å². The Morgan fingerprint density at radius 3 is 2.56 bits per heavy atom. The minimum absolute atomic E-state index is 0.0558. The molecule has 3 aliphatic rings. The largest absolute Gasteiger partial charge is 0.347 e. The summed E-state index contributed by atoms with van der Waals surface area (Å²) in [5.74, 6) is 2.62. The highest BCUT2D eigenvalue weighted by atomic mass is 16.2. The third-order valence-corrected chi connectivity index (χ3v) is 6.14. The number of fused-ring (bicyclic) bond motifs is 2. The van der Waals surface area contributed by atoms with Gasteiger partial charge in [0.2, 0.25) is 5.82 Å². The molecular formula is C21H27N5O. The van der Waals surface area contributed by atoms with E-state index in [2.05, 4.69) is 57.0 Å². The molecule has 0 spiro atoms. The predicted molar refractivity (Wildman–Crippen MR) is 102 cm³/mol. The number of carbonyl (C=O) groups is 1. The first-order valence-electron chi connectivity index (χ1n) is 10.1. The normalized spacial score (nSPS) is 24.5. The van der Waals surface area contributed by atoms with E-state index in [1.165, 1.54) is 16.7 Å². The highest BCUT2D eigenvalue weighted by molar-refractivity contribution is 5.91. The second-order valence-corrected chi connectivity index (χ2v) is 8.71. The van der Waals surface area contributed by atoms with Crippen LogP contribution in [0.1, 0.15) is 46.0 Å². The fourth-order valence-corrected chi connectivity index (χ4v) is 4.81. The van der Waals surface area contributed by atoms with Crippen LogP contribution in [0.3, 0.4) is 0 Å². The first-order valence-corrected chi connectivity index (χ1v) is 10.1. The summed E-state index contributed by atoms with van der Waals surface area (Å²) in [6, 6.07) is 7.17. The number of amides is 1. The standard InChI is InChI=1S/C21H27N5O/c1-13-5-14(2)7-15(6-13)9-25-10-16-8-19-23-24-20(21(27)22-18-3-4-18)26(19)12-17(16)11-25/h5-7,16-18H,3-4,8-12H2,1-2H3,(H,22,27)/t16-,17-/m1/s1. The first-order chi connectivity index (χ1) is 13.0. The smallest absolute Gasteiger partial charge is 0.289 e. The van der Waals surface area contributed by atoms with Crippen molar-refractivity contribution in [1.82, 2.24) is 25.0 Å². The Morgan fingerprint density at radius 1 is 1.07 bits per heavy atom. The van der Waals surface area contributed by atoms with Gasteiger partial charge in [0, 0.05) is 38.6 Å². The molecule has 1 saturated heterocycles. The first kappa shape index (κ1) is 16.9. The van der Waals surface area contributed by atoms with Gasteiger partial charge >= 0.3 is 0 Å². The Bertz CT molecular complexity index is 864. The van der Waals surface area contributed by atoms with Crippen LogP contribution in [0.5, 0.6) is 0 Å². The summed E-state index contributed by atoms with van der Waals surface area (Å²) in [4.78, 5) is 15.0. The third-order valence-electron chi connectivity index (χ3n) is 6.14. The molecule has 1 aromatic carbocycles. The highest BCUT2D eigenvalue weighted by Gasteiger charge is 2.39. The van der Waals surface area contributed by atoms with E-state index in [1.807, 2.05) is 0 Å². The van der Waals surface area contributed by atoms with Crippen molar-refractivity contribution in [2.24, 2.45) is 11.8 Å². The lowest BCUT2D eigenvalue weighted by atomic mass is 9.89. The molecule has 2 aliphatic heterocycles. The highest BCUT2D eigenvalue weighted by Crippen LogP contribution is 2.33. The molecule has 6 heteroatoms. The van der Waals surface area contributed by atoms with E-state index < -0.39 is 0 Å². The van der Waals surface area contributed by atoms with Gasteiger partial charge in [-0.3, -0.25) is 9.69 Å². The number of rotatable bonds is 4. The van der Waals surface area contributed by atoms with Crippen LogP contribution < -0.4 is 5.32 Å². The summed E-state index contributed by atoms with van der Waals surface area (Å²) in [7, 11) is 0. The SMILES string of the molecule is Cc1cc(C)cc(CN2C[C@H]3Cc4nnc(C(=O)NC5CC5)n4C[C@H]3C2)c1. The molecule has 0 unspecified atom stereocenters. The number of nitrogens with zero attached hydrogens (tertiary/aromatic N) is 4. The van der Waals surface area contributed by atoms with Crippen molar-refractivity contribution in [1.29, 1.82) is 0 Å². The maximum Gasteiger partial charge on any atom is 0.289 e. The van der Waals surface area contributed by atoms with Gasteiger partial charge in [-0.05, 0) is 44.1 Å². The van der Waals surface area contributed by atoms with Crippen molar-refractivity contribution in [2.45, 2.75) is 52.2 Å². The molecule has 1 saturated carbocycles. The monoisotopic (exact) mass is 365 g/mol. The fourth-order valence-electron chi connectivity index (χ4n) is 4.81. The number of hydrogen-bond acceptors (Lipinski definition) is 4. The molecule has 1 aliphatic carbocycles. The quantitative estimate of drug-likeness (QED) is 0.901. The lowest BCUT2D eigenvalue weighted by molar-refractivity contribution is 0.0932. The van der Waals surface area contributed by atoms with Crippen LogP contribution >= 0.6 is 0 Å². The molecule has 0 bridgehead atoms. The second kappa shape index (κ2) is 6.44. The van der Waals surface area contributed by atoms with E-state index in [0.717, 1.165) is 51.3 Å². The van der Waals surface area contributed by atoms with Crippen molar-refractivity contribution in [2.75, 3.05) is 13.1 Å². The average Bonchev–Trinajstić information content (AvgIpc) is 3.18. The van der Waals surface area contributed by atoms with Crippen LogP contribution in [0.4, 0.5) is 0 Å². The van der Waals surface area contributed by atoms with Gasteiger partial charge in [-0.15, -0.1) is 10.2 Å². The van der Waals surface area contributed by atoms with Crippen LogP contribution in [-0.4, -0.2) is 44.7 Å². The van der Waals surface area contributed by atoms with Crippen LogP contribution in [0.25, 0.3) is 0 Å². The summed E-state index contributed by atoms with van der Waals surface area (Å²) in [6.07, 6.45) is 3.10. The van der Waals surface area contributed by atoms with Gasteiger partial charge < -0.3 is 9.88 Å². The van der Waals surface area contributed by atoms with E-state index in [9.17, 15) is 4.79 Å². The minimum Gasteiger partial charge on any atom is -0.347 e. The maximum atomic E-state index is 12.4. The average molecular weight is 365 g/mol. The molecule has 142 valence electrons. The van der Waals surface area contributed by atoms with E-state index in [4.69, 9.17) is 0 Å². The predicted octanol–water partition coefficient (Wildman–Crippen LogP) is 2.09. The number of carbonyl (C=O) groups excluding carboxylic acids is 1. The molecule has 2 atom stereocenters. The van der Waals surface area contributed by atoms with Gasteiger partial charge in [-0.1, -0.05) is 29.3 Å². The van der Waals surface area contributed by atoms with Crippen molar-refractivity contribution in [3.05, 3.63) is 46.5 Å². The zero-order valence-electron chi connectivity index (χ0n) is 16.1. The zero-order valence-corrected chi connectivity index (χ0v) is 16.1. The van der Waals surface area contributed by atoms with Crippen molar-refractivity contribution in [3.63, 3.8) is 0 Å². The van der Waals surface area contributed by atoms with Crippen LogP contribution in [-0.2, 0) is 19.5 Å². The number of likely N-dealkylation sites (tertiary alicyclic amines) is 1. The van der Waals surface area contributed by atoms with E-state index in [0.29, 0.717) is 23.7 Å². The van der Waals surface area contributed by atoms with Gasteiger partial charge in [0.05, 0.1) is 0 Å². The van der Waals surface area contributed by atoms with Crippen molar-refractivity contribution >= 4 is 5.91 Å². The minimum atomic E-state index is -0.0558. The van der Waals surface area contributed by atoms with Crippen LogP contribution in [0, 0.1) is 25.7 Å². The maximum absolute atomic E-state index is 12.4. The Morgan fingerprint density at radius 2 is 1.81 bits per heavy atom. The fraction of sp³-hybridized carbons (Fsp3) is 0.571. The zero-order chi connectivity index (χ0) is 18.5. The molecule has 1 N–H and O–H groups in total. The van der Waals surface area contributed by atoms with Gasteiger partial charge in [0.25, 0.3) is 5.91 Å². The summed E-state index contributed by atoms with van der Waals surface area (Å²) < 4.78 is 2.07. The summed E-state index contributed by atoms with van der Waals surface area (Å²) in [6.45, 7) is 8.39. The van der Waals surface area contributed by atoms with Crippen LogP contribution in [0.2, 0.25) is 0 Å². The number of benzene rings is 1. The van der Waals surface area contributed by atoms with Gasteiger partial charge in [-0.25, -0.2) is 0 Å². The Balaban J connectivity index is 1.28. The van der Waals surface area contributed by atoms with Crippen LogP contribution in [0.15, 0.2) is 18.2 Å². The molecule has 2 aromatic rings. The molecule has 2 fully saturated rings. The molecule has 0 radical (unpaired) electrons. The number of aromatic nitrogens is 3. The Labute approximate surface area is 160 Å².